The second kappa shape index (κ2) is 5.74. The van der Waals surface area contributed by atoms with Crippen LogP contribution in [-0.2, 0) is 13.6 Å². The Labute approximate surface area is 111 Å². The van der Waals surface area contributed by atoms with Gasteiger partial charge in [0.2, 0.25) is 0 Å². The molecule has 0 bridgehead atoms. The highest BCUT2D eigenvalue weighted by Gasteiger charge is 2.18. The Hall–Kier alpha value is -1.03. The maximum atomic E-state index is 4.51. The molecule has 0 aliphatic rings. The Morgan fingerprint density at radius 3 is 2.44 bits per heavy atom. The van der Waals surface area contributed by atoms with Gasteiger partial charge in [-0.15, -0.1) is 0 Å². The summed E-state index contributed by atoms with van der Waals surface area (Å²) in [6.45, 7) is 14.0. The molecule has 1 aromatic rings. The molecular weight excluding hydrogens is 224 g/mol. The SMILES string of the molecule is CCNc1c(CN(C)CC(C)(C)C)c(C)nn1C. The molecule has 4 nitrogen and oxygen atoms in total. The van der Waals surface area contributed by atoms with Crippen molar-refractivity contribution < 1.29 is 0 Å². The van der Waals surface area contributed by atoms with E-state index in [1.165, 1.54) is 5.56 Å². The summed E-state index contributed by atoms with van der Waals surface area (Å²) in [6, 6.07) is 0. The van der Waals surface area contributed by atoms with Gasteiger partial charge in [0, 0.05) is 32.2 Å². The van der Waals surface area contributed by atoms with Gasteiger partial charge in [-0.25, -0.2) is 0 Å². The van der Waals surface area contributed by atoms with E-state index < -0.39 is 0 Å². The Morgan fingerprint density at radius 1 is 1.33 bits per heavy atom. The van der Waals surface area contributed by atoms with Gasteiger partial charge in [-0.3, -0.25) is 4.68 Å². The number of hydrogen-bond acceptors (Lipinski definition) is 3. The topological polar surface area (TPSA) is 33.1 Å². The van der Waals surface area contributed by atoms with Crippen LogP contribution < -0.4 is 5.32 Å². The maximum Gasteiger partial charge on any atom is 0.128 e. The van der Waals surface area contributed by atoms with Crippen molar-refractivity contribution in [2.45, 2.75) is 41.2 Å². The van der Waals surface area contributed by atoms with E-state index in [1.54, 1.807) is 0 Å². The summed E-state index contributed by atoms with van der Waals surface area (Å²) < 4.78 is 1.94. The maximum absolute atomic E-state index is 4.51. The van der Waals surface area contributed by atoms with Gasteiger partial charge in [0.25, 0.3) is 0 Å². The van der Waals surface area contributed by atoms with Gasteiger partial charge in [-0.2, -0.15) is 5.10 Å². The molecule has 1 heterocycles. The molecule has 1 rings (SSSR count). The summed E-state index contributed by atoms with van der Waals surface area (Å²) in [6.07, 6.45) is 0. The van der Waals surface area contributed by atoms with Crippen LogP contribution in [0.25, 0.3) is 0 Å². The summed E-state index contributed by atoms with van der Waals surface area (Å²) in [7, 11) is 4.17. The number of nitrogens with one attached hydrogen (secondary N) is 1. The van der Waals surface area contributed by atoms with E-state index in [4.69, 9.17) is 0 Å². The first-order valence-electron chi connectivity index (χ1n) is 6.69. The van der Waals surface area contributed by atoms with Gasteiger partial charge in [-0.05, 0) is 26.3 Å². The molecule has 1 N–H and O–H groups in total. The predicted molar refractivity (Wildman–Crippen MR) is 77.9 cm³/mol. The molecule has 0 atom stereocenters. The Morgan fingerprint density at radius 2 is 1.94 bits per heavy atom. The molecule has 0 aliphatic heterocycles. The molecule has 0 radical (unpaired) electrons. The molecular formula is C14H28N4. The molecule has 4 heteroatoms. The van der Waals surface area contributed by atoms with Crippen molar-refractivity contribution in [3.8, 4) is 0 Å². The van der Waals surface area contributed by atoms with Crippen LogP contribution in [0.5, 0.6) is 0 Å². The minimum atomic E-state index is 0.323. The van der Waals surface area contributed by atoms with E-state index in [1.807, 2.05) is 11.7 Å². The van der Waals surface area contributed by atoms with Crippen LogP contribution >= 0.6 is 0 Å². The average molecular weight is 252 g/mol. The largest absolute Gasteiger partial charge is 0.370 e. The summed E-state index contributed by atoms with van der Waals surface area (Å²) in [5, 5.41) is 7.91. The minimum Gasteiger partial charge on any atom is -0.370 e. The molecule has 0 unspecified atom stereocenters. The summed E-state index contributed by atoms with van der Waals surface area (Å²) in [5.74, 6) is 1.15. The summed E-state index contributed by atoms with van der Waals surface area (Å²) in [5.41, 5.74) is 2.75. The van der Waals surface area contributed by atoms with Crippen LogP contribution in [0.15, 0.2) is 0 Å². The molecule has 0 aromatic carbocycles. The van der Waals surface area contributed by atoms with Gasteiger partial charge < -0.3 is 10.2 Å². The van der Waals surface area contributed by atoms with Crippen molar-refractivity contribution in [1.29, 1.82) is 0 Å². The first-order chi connectivity index (χ1) is 8.24. The van der Waals surface area contributed by atoms with E-state index >= 15 is 0 Å². The normalized spacial score (nSPS) is 12.2. The molecule has 0 saturated carbocycles. The fourth-order valence-corrected chi connectivity index (χ4v) is 2.42. The second-order valence-electron chi connectivity index (χ2n) is 6.30. The number of anilines is 1. The van der Waals surface area contributed by atoms with Crippen molar-refractivity contribution in [3.05, 3.63) is 11.3 Å². The van der Waals surface area contributed by atoms with Gasteiger partial charge in [0.05, 0.1) is 5.69 Å². The molecule has 0 fully saturated rings. The van der Waals surface area contributed by atoms with Crippen molar-refractivity contribution in [1.82, 2.24) is 14.7 Å². The lowest BCUT2D eigenvalue weighted by atomic mass is 9.96. The van der Waals surface area contributed by atoms with Crippen LogP contribution in [0.4, 0.5) is 5.82 Å². The van der Waals surface area contributed by atoms with Gasteiger partial charge in [0.15, 0.2) is 0 Å². The Kier molecular flexibility index (Phi) is 4.79. The summed E-state index contributed by atoms with van der Waals surface area (Å²) >= 11 is 0. The van der Waals surface area contributed by atoms with Crippen LogP contribution in [0.3, 0.4) is 0 Å². The fraction of sp³-hybridized carbons (Fsp3) is 0.786. The third-order valence-electron chi connectivity index (χ3n) is 2.86. The molecule has 0 aliphatic carbocycles. The fourth-order valence-electron chi connectivity index (χ4n) is 2.42. The van der Waals surface area contributed by atoms with E-state index in [0.717, 1.165) is 31.1 Å². The number of nitrogens with zero attached hydrogens (tertiary/aromatic N) is 3. The zero-order valence-corrected chi connectivity index (χ0v) is 13.0. The molecule has 1 aromatic heterocycles. The molecule has 104 valence electrons. The van der Waals surface area contributed by atoms with Crippen LogP contribution in [-0.4, -0.2) is 34.8 Å². The van der Waals surface area contributed by atoms with E-state index in [0.29, 0.717) is 5.41 Å². The molecule has 0 spiro atoms. The first-order valence-corrected chi connectivity index (χ1v) is 6.69. The Bertz CT molecular complexity index is 387. The zero-order valence-electron chi connectivity index (χ0n) is 13.0. The number of hydrogen-bond donors (Lipinski definition) is 1. The van der Waals surface area contributed by atoms with Gasteiger partial charge in [0.1, 0.15) is 5.82 Å². The monoisotopic (exact) mass is 252 g/mol. The van der Waals surface area contributed by atoms with Crippen LogP contribution in [0.1, 0.15) is 39.0 Å². The van der Waals surface area contributed by atoms with E-state index in [9.17, 15) is 0 Å². The highest BCUT2D eigenvalue weighted by atomic mass is 15.3. The lowest BCUT2D eigenvalue weighted by molar-refractivity contribution is 0.220. The second-order valence-corrected chi connectivity index (χ2v) is 6.30. The number of aryl methyl sites for hydroxylation is 2. The molecule has 0 amide bonds. The predicted octanol–water partition coefficient (Wildman–Crippen LogP) is 2.64. The van der Waals surface area contributed by atoms with Crippen molar-refractivity contribution in [3.63, 3.8) is 0 Å². The average Bonchev–Trinajstić information content (AvgIpc) is 2.42. The van der Waals surface area contributed by atoms with Crippen LogP contribution in [0.2, 0.25) is 0 Å². The number of aromatic nitrogens is 2. The summed E-state index contributed by atoms with van der Waals surface area (Å²) in [4.78, 5) is 2.37. The van der Waals surface area contributed by atoms with Crippen molar-refractivity contribution in [2.75, 3.05) is 25.5 Å². The highest BCUT2D eigenvalue weighted by molar-refractivity contribution is 5.47. The molecule has 0 saturated heterocycles. The zero-order chi connectivity index (χ0) is 13.9. The highest BCUT2D eigenvalue weighted by Crippen LogP contribution is 2.22. The van der Waals surface area contributed by atoms with E-state index in [-0.39, 0.29) is 0 Å². The quantitative estimate of drug-likeness (QED) is 0.874. The first kappa shape index (κ1) is 15.0. The number of rotatable bonds is 5. The third kappa shape index (κ3) is 4.02. The van der Waals surface area contributed by atoms with E-state index in [2.05, 4.69) is 57.0 Å². The standard InChI is InChI=1S/C14H28N4/c1-8-15-13-12(11(2)16-18(13)7)9-17(6)10-14(3,4)5/h15H,8-10H2,1-7H3. The third-order valence-corrected chi connectivity index (χ3v) is 2.86. The molecule has 18 heavy (non-hydrogen) atoms. The van der Waals surface area contributed by atoms with Gasteiger partial charge >= 0.3 is 0 Å². The minimum absolute atomic E-state index is 0.323. The lowest BCUT2D eigenvalue weighted by Gasteiger charge is -2.26. The Balaban J connectivity index is 2.83. The smallest absolute Gasteiger partial charge is 0.128 e. The lowest BCUT2D eigenvalue weighted by Crippen LogP contribution is -2.29. The van der Waals surface area contributed by atoms with Crippen molar-refractivity contribution >= 4 is 5.82 Å². The van der Waals surface area contributed by atoms with Crippen molar-refractivity contribution in [2.24, 2.45) is 12.5 Å². The van der Waals surface area contributed by atoms with Gasteiger partial charge in [-0.1, -0.05) is 20.8 Å². The van der Waals surface area contributed by atoms with Crippen LogP contribution in [0, 0.1) is 12.3 Å².